The van der Waals surface area contributed by atoms with Crippen molar-refractivity contribution in [3.8, 4) is 0 Å². The number of halogens is 1. The monoisotopic (exact) mass is 279 g/mol. The second-order valence-electron chi connectivity index (χ2n) is 7.09. The van der Waals surface area contributed by atoms with Crippen molar-refractivity contribution in [3.63, 3.8) is 0 Å². The van der Waals surface area contributed by atoms with Gasteiger partial charge in [-0.25, -0.2) is 4.98 Å². The molecule has 1 heterocycles. The molecule has 2 aliphatic rings. The van der Waals surface area contributed by atoms with Gasteiger partial charge in [-0.1, -0.05) is 32.4 Å². The number of rotatable bonds is 2. The number of hydrogen-bond donors (Lipinski definition) is 2. The van der Waals surface area contributed by atoms with Crippen molar-refractivity contribution in [3.05, 3.63) is 17.3 Å². The van der Waals surface area contributed by atoms with Gasteiger partial charge in [-0.3, -0.25) is 0 Å². The van der Waals surface area contributed by atoms with Crippen LogP contribution in [0.4, 0.5) is 11.5 Å². The minimum Gasteiger partial charge on any atom is -0.397 e. The van der Waals surface area contributed by atoms with Crippen LogP contribution < -0.4 is 11.1 Å². The van der Waals surface area contributed by atoms with Crippen LogP contribution in [0.1, 0.15) is 40.0 Å². The molecule has 2 aliphatic carbocycles. The molecule has 2 bridgehead atoms. The smallest absolute Gasteiger partial charge is 0.145 e. The van der Waals surface area contributed by atoms with Crippen molar-refractivity contribution in [2.24, 2.45) is 16.7 Å². The van der Waals surface area contributed by atoms with Gasteiger partial charge in [0.15, 0.2) is 0 Å². The van der Waals surface area contributed by atoms with E-state index in [0.717, 1.165) is 11.7 Å². The van der Waals surface area contributed by atoms with Crippen LogP contribution in [-0.2, 0) is 0 Å². The summed E-state index contributed by atoms with van der Waals surface area (Å²) in [4.78, 5) is 4.35. The summed E-state index contributed by atoms with van der Waals surface area (Å²) in [5, 5.41) is 4.21. The minimum absolute atomic E-state index is 0.291. The van der Waals surface area contributed by atoms with Gasteiger partial charge >= 0.3 is 0 Å². The van der Waals surface area contributed by atoms with Gasteiger partial charge in [0, 0.05) is 6.04 Å². The third-order valence-corrected chi connectivity index (χ3v) is 5.70. The van der Waals surface area contributed by atoms with E-state index >= 15 is 0 Å². The van der Waals surface area contributed by atoms with Crippen molar-refractivity contribution < 1.29 is 0 Å². The van der Waals surface area contributed by atoms with E-state index in [0.29, 0.717) is 27.6 Å². The number of nitrogen functional groups attached to an aromatic ring is 1. The summed E-state index contributed by atoms with van der Waals surface area (Å²) in [6, 6.07) is 2.19. The molecule has 104 valence electrons. The molecule has 0 aromatic carbocycles. The maximum absolute atomic E-state index is 6.24. The molecule has 3 unspecified atom stereocenters. The zero-order chi connectivity index (χ0) is 13.8. The van der Waals surface area contributed by atoms with E-state index < -0.39 is 0 Å². The zero-order valence-corrected chi connectivity index (χ0v) is 12.6. The number of anilines is 2. The van der Waals surface area contributed by atoms with Crippen molar-refractivity contribution in [1.29, 1.82) is 0 Å². The van der Waals surface area contributed by atoms with E-state index in [2.05, 4.69) is 31.1 Å². The first-order valence-electron chi connectivity index (χ1n) is 7.00. The molecular weight excluding hydrogens is 258 g/mol. The van der Waals surface area contributed by atoms with Crippen LogP contribution in [0.5, 0.6) is 0 Å². The summed E-state index contributed by atoms with van der Waals surface area (Å²) in [5.74, 6) is 1.57. The largest absolute Gasteiger partial charge is 0.397 e. The molecule has 1 aromatic rings. The van der Waals surface area contributed by atoms with Gasteiger partial charge in [0.1, 0.15) is 5.82 Å². The fourth-order valence-corrected chi connectivity index (χ4v) is 4.59. The Morgan fingerprint density at radius 1 is 1.42 bits per heavy atom. The van der Waals surface area contributed by atoms with E-state index in [1.165, 1.54) is 19.3 Å². The molecule has 3 N–H and O–H groups in total. The second kappa shape index (κ2) is 4.02. The number of fused-ring (bicyclic) bond motifs is 2. The number of nitrogens with one attached hydrogen (secondary N) is 1. The molecule has 2 saturated carbocycles. The first kappa shape index (κ1) is 13.0. The van der Waals surface area contributed by atoms with E-state index in [1.807, 2.05) is 0 Å². The molecule has 2 fully saturated rings. The normalized spacial score (nSPS) is 35.6. The molecular formula is C15H22ClN3. The maximum atomic E-state index is 6.24. The Morgan fingerprint density at radius 2 is 2.16 bits per heavy atom. The van der Waals surface area contributed by atoms with Crippen LogP contribution in [0.25, 0.3) is 0 Å². The van der Waals surface area contributed by atoms with Crippen molar-refractivity contribution in [2.45, 2.75) is 46.1 Å². The van der Waals surface area contributed by atoms with Crippen molar-refractivity contribution >= 4 is 23.1 Å². The van der Waals surface area contributed by atoms with Crippen LogP contribution >= 0.6 is 11.6 Å². The summed E-state index contributed by atoms with van der Waals surface area (Å²) >= 11 is 6.24. The van der Waals surface area contributed by atoms with Crippen LogP contribution in [0.3, 0.4) is 0 Å². The molecule has 3 rings (SSSR count). The summed E-state index contributed by atoms with van der Waals surface area (Å²) < 4.78 is 0. The molecule has 3 nitrogen and oxygen atoms in total. The number of hydrogen-bond acceptors (Lipinski definition) is 3. The Hall–Kier alpha value is -0.960. The van der Waals surface area contributed by atoms with E-state index in [4.69, 9.17) is 17.3 Å². The van der Waals surface area contributed by atoms with Crippen LogP contribution in [0, 0.1) is 16.7 Å². The third kappa shape index (κ3) is 1.90. The fraction of sp³-hybridized carbons (Fsp3) is 0.667. The lowest BCUT2D eigenvalue weighted by Crippen LogP contribution is -2.46. The van der Waals surface area contributed by atoms with Crippen LogP contribution in [-0.4, -0.2) is 11.0 Å². The fourth-order valence-electron chi connectivity index (χ4n) is 4.36. The highest BCUT2D eigenvalue weighted by Gasteiger charge is 2.59. The quantitative estimate of drug-likeness (QED) is 0.862. The van der Waals surface area contributed by atoms with Crippen molar-refractivity contribution in [1.82, 2.24) is 4.98 Å². The highest BCUT2D eigenvalue weighted by atomic mass is 35.5. The first-order chi connectivity index (χ1) is 8.83. The lowest BCUT2D eigenvalue weighted by molar-refractivity contribution is 0.155. The summed E-state index contributed by atoms with van der Waals surface area (Å²) in [5.41, 5.74) is 6.96. The van der Waals surface area contributed by atoms with Gasteiger partial charge in [0.2, 0.25) is 0 Å². The highest BCUT2D eigenvalue weighted by Crippen LogP contribution is 2.63. The summed E-state index contributed by atoms with van der Waals surface area (Å²) in [6.07, 6.45) is 5.62. The molecule has 3 atom stereocenters. The molecule has 0 spiro atoms. The molecule has 0 radical (unpaired) electrons. The van der Waals surface area contributed by atoms with E-state index in [1.54, 1.807) is 12.3 Å². The standard InChI is InChI=1S/C15H22ClN3/c1-14(2)9-4-5-15(3,7-9)13(14)19-12-11(16)6-10(17)8-18-12/h6,8-9,13H,4-5,7,17H2,1-3H3,(H,18,19). The predicted molar refractivity (Wildman–Crippen MR) is 80.3 cm³/mol. The lowest BCUT2D eigenvalue weighted by Gasteiger charge is -2.43. The molecule has 0 amide bonds. The van der Waals surface area contributed by atoms with Gasteiger partial charge < -0.3 is 11.1 Å². The van der Waals surface area contributed by atoms with Gasteiger partial charge in [-0.2, -0.15) is 0 Å². The Bertz CT molecular complexity index is 509. The van der Waals surface area contributed by atoms with Gasteiger partial charge in [0.25, 0.3) is 0 Å². The molecule has 4 heteroatoms. The van der Waals surface area contributed by atoms with E-state index in [9.17, 15) is 0 Å². The number of nitrogens with zero attached hydrogens (tertiary/aromatic N) is 1. The highest BCUT2D eigenvalue weighted by molar-refractivity contribution is 6.33. The molecule has 1 aromatic heterocycles. The minimum atomic E-state index is 0.291. The lowest BCUT2D eigenvalue weighted by atomic mass is 9.68. The van der Waals surface area contributed by atoms with Crippen molar-refractivity contribution in [2.75, 3.05) is 11.1 Å². The number of nitrogens with two attached hydrogens (primary N) is 1. The van der Waals surface area contributed by atoms with Gasteiger partial charge in [-0.15, -0.1) is 0 Å². The summed E-state index contributed by atoms with van der Waals surface area (Å²) in [6.45, 7) is 7.13. The SMILES string of the molecule is CC12CCC(C1)C(C)(C)C2Nc1ncc(N)cc1Cl. The topological polar surface area (TPSA) is 50.9 Å². The molecule has 0 saturated heterocycles. The Balaban J connectivity index is 1.90. The summed E-state index contributed by atoms with van der Waals surface area (Å²) in [7, 11) is 0. The second-order valence-corrected chi connectivity index (χ2v) is 7.50. The first-order valence-corrected chi connectivity index (χ1v) is 7.38. The third-order valence-electron chi connectivity index (χ3n) is 5.41. The average Bonchev–Trinajstić information content (AvgIpc) is 2.78. The Labute approximate surface area is 119 Å². The molecule has 19 heavy (non-hydrogen) atoms. The Kier molecular flexibility index (Phi) is 2.76. The maximum Gasteiger partial charge on any atom is 0.145 e. The average molecular weight is 280 g/mol. The van der Waals surface area contributed by atoms with Crippen LogP contribution in [0.2, 0.25) is 5.02 Å². The molecule has 0 aliphatic heterocycles. The van der Waals surface area contributed by atoms with Gasteiger partial charge in [-0.05, 0) is 42.1 Å². The van der Waals surface area contributed by atoms with Gasteiger partial charge in [0.05, 0.1) is 16.9 Å². The van der Waals surface area contributed by atoms with E-state index in [-0.39, 0.29) is 0 Å². The zero-order valence-electron chi connectivity index (χ0n) is 11.8. The van der Waals surface area contributed by atoms with Crippen LogP contribution in [0.15, 0.2) is 12.3 Å². The number of pyridine rings is 1. The number of aromatic nitrogens is 1. The predicted octanol–water partition coefficient (Wildman–Crippen LogP) is 3.94. The Morgan fingerprint density at radius 3 is 2.74 bits per heavy atom.